The van der Waals surface area contributed by atoms with Gasteiger partial charge in [-0.1, -0.05) is 19.1 Å². The Balaban J connectivity index is 1.78. The zero-order valence-electron chi connectivity index (χ0n) is 20.2. The van der Waals surface area contributed by atoms with Crippen molar-refractivity contribution in [1.29, 1.82) is 0 Å². The quantitative estimate of drug-likeness (QED) is 0.528. The number of hydrogen-bond donors (Lipinski definition) is 1. The number of fused-ring (bicyclic) bond motifs is 1. The zero-order valence-corrected chi connectivity index (χ0v) is 20.2. The Hall–Kier alpha value is -3.41. The Morgan fingerprint density at radius 1 is 1.12 bits per heavy atom. The first-order valence-electron chi connectivity index (χ1n) is 11.4. The summed E-state index contributed by atoms with van der Waals surface area (Å²) in [5, 5.41) is 2.32. The van der Waals surface area contributed by atoms with Crippen LogP contribution in [0.5, 0.6) is 0 Å². The highest BCUT2D eigenvalue weighted by Crippen LogP contribution is 2.44. The van der Waals surface area contributed by atoms with E-state index in [2.05, 4.69) is 50.0 Å². The number of nitrogens with zero attached hydrogens (tertiary/aromatic N) is 2. The maximum atomic E-state index is 13.3. The van der Waals surface area contributed by atoms with Crippen molar-refractivity contribution in [2.45, 2.75) is 59.4 Å². The molecule has 2 heterocycles. The molecule has 0 aliphatic carbocycles. The molecule has 1 atom stereocenters. The van der Waals surface area contributed by atoms with Gasteiger partial charge in [0.2, 0.25) is 0 Å². The van der Waals surface area contributed by atoms with Crippen LogP contribution in [0.4, 0.5) is 16.2 Å². The number of urea groups is 1. The maximum absolute atomic E-state index is 13.3. The lowest BCUT2D eigenvalue weighted by molar-refractivity contribution is -0.122. The van der Waals surface area contributed by atoms with Crippen molar-refractivity contribution >= 4 is 35.3 Å². The van der Waals surface area contributed by atoms with E-state index in [0.29, 0.717) is 11.6 Å². The van der Waals surface area contributed by atoms with Crippen LogP contribution in [-0.2, 0) is 9.59 Å². The highest BCUT2D eigenvalue weighted by atomic mass is 16.2. The van der Waals surface area contributed by atoms with Gasteiger partial charge in [0.15, 0.2) is 0 Å². The number of benzene rings is 2. The molecule has 2 aromatic rings. The minimum Gasteiger partial charge on any atom is -0.366 e. The average molecular weight is 446 g/mol. The normalized spacial score (nSPS) is 21.3. The number of barbiturate groups is 1. The predicted octanol–water partition coefficient (Wildman–Crippen LogP) is 5.08. The van der Waals surface area contributed by atoms with E-state index in [4.69, 9.17) is 0 Å². The van der Waals surface area contributed by atoms with Crippen molar-refractivity contribution in [3.05, 3.63) is 64.2 Å². The molecule has 0 saturated carbocycles. The second kappa shape index (κ2) is 8.18. The van der Waals surface area contributed by atoms with E-state index in [1.54, 1.807) is 24.3 Å². The number of amides is 4. The molecule has 1 saturated heterocycles. The molecular weight excluding hydrogens is 414 g/mol. The molecule has 0 spiro atoms. The van der Waals surface area contributed by atoms with Crippen LogP contribution in [0, 0.1) is 13.8 Å². The number of carbonyl (C=O) groups excluding carboxylic acids is 3. The summed E-state index contributed by atoms with van der Waals surface area (Å²) in [4.78, 5) is 41.9. The van der Waals surface area contributed by atoms with E-state index in [-0.39, 0.29) is 11.1 Å². The molecule has 1 N–H and O–H groups in total. The van der Waals surface area contributed by atoms with Crippen molar-refractivity contribution in [3.63, 3.8) is 0 Å². The molecule has 172 valence electrons. The second-order valence-electron chi connectivity index (χ2n) is 9.73. The van der Waals surface area contributed by atoms with Crippen LogP contribution >= 0.6 is 0 Å². The van der Waals surface area contributed by atoms with Gasteiger partial charge in [-0.3, -0.25) is 14.9 Å². The lowest BCUT2D eigenvalue weighted by Crippen LogP contribution is -2.54. The first kappa shape index (κ1) is 22.8. The van der Waals surface area contributed by atoms with E-state index in [0.717, 1.165) is 34.6 Å². The van der Waals surface area contributed by atoms with Gasteiger partial charge in [-0.2, -0.15) is 0 Å². The first-order chi connectivity index (χ1) is 15.5. The van der Waals surface area contributed by atoms with E-state index in [1.807, 2.05) is 19.9 Å². The monoisotopic (exact) mass is 445 g/mol. The number of carbonyl (C=O) groups is 3. The maximum Gasteiger partial charge on any atom is 0.335 e. The topological polar surface area (TPSA) is 69.7 Å². The van der Waals surface area contributed by atoms with Crippen LogP contribution < -0.4 is 15.1 Å². The summed E-state index contributed by atoms with van der Waals surface area (Å²) in [6.07, 6.45) is 2.63. The fourth-order valence-corrected chi connectivity index (χ4v) is 5.22. The van der Waals surface area contributed by atoms with Gasteiger partial charge in [-0.05, 0) is 99.6 Å². The molecule has 4 rings (SSSR count). The minimum absolute atomic E-state index is 0.0460. The molecule has 33 heavy (non-hydrogen) atoms. The highest BCUT2D eigenvalue weighted by Gasteiger charge is 2.38. The van der Waals surface area contributed by atoms with Gasteiger partial charge >= 0.3 is 6.03 Å². The fraction of sp³-hybridized carbons (Fsp3) is 0.370. The van der Waals surface area contributed by atoms with E-state index in [1.165, 1.54) is 11.3 Å². The highest BCUT2D eigenvalue weighted by molar-refractivity contribution is 6.39. The van der Waals surface area contributed by atoms with Gasteiger partial charge in [-0.25, -0.2) is 9.69 Å². The van der Waals surface area contributed by atoms with Crippen LogP contribution in [0.3, 0.4) is 0 Å². The van der Waals surface area contributed by atoms with Crippen LogP contribution in [0.1, 0.15) is 62.3 Å². The molecule has 2 aliphatic rings. The summed E-state index contributed by atoms with van der Waals surface area (Å²) in [5.74, 6) is -0.942. The second-order valence-corrected chi connectivity index (χ2v) is 9.73. The molecule has 6 heteroatoms. The zero-order chi connectivity index (χ0) is 24.1. The summed E-state index contributed by atoms with van der Waals surface area (Å²) in [6.45, 7) is 13.7. The van der Waals surface area contributed by atoms with Crippen molar-refractivity contribution < 1.29 is 14.4 Å². The third-order valence-corrected chi connectivity index (χ3v) is 6.75. The Kier molecular flexibility index (Phi) is 5.64. The molecule has 4 amide bonds. The number of aryl methyl sites for hydroxylation is 2. The van der Waals surface area contributed by atoms with Crippen molar-refractivity contribution in [2.75, 3.05) is 16.3 Å². The van der Waals surface area contributed by atoms with Crippen LogP contribution in [0.2, 0.25) is 0 Å². The first-order valence-corrected chi connectivity index (χ1v) is 11.4. The Bertz CT molecular complexity index is 1200. The third-order valence-electron chi connectivity index (χ3n) is 6.75. The van der Waals surface area contributed by atoms with Crippen LogP contribution in [-0.4, -0.2) is 29.9 Å². The number of rotatable bonds is 3. The lowest BCUT2D eigenvalue weighted by atomic mass is 9.79. The van der Waals surface area contributed by atoms with Crippen molar-refractivity contribution in [1.82, 2.24) is 5.32 Å². The summed E-state index contributed by atoms with van der Waals surface area (Å²) < 4.78 is 0. The van der Waals surface area contributed by atoms with Gasteiger partial charge < -0.3 is 4.90 Å². The van der Waals surface area contributed by atoms with Crippen molar-refractivity contribution in [2.24, 2.45) is 0 Å². The van der Waals surface area contributed by atoms with Crippen molar-refractivity contribution in [3.8, 4) is 0 Å². The number of hydrogen-bond acceptors (Lipinski definition) is 4. The summed E-state index contributed by atoms with van der Waals surface area (Å²) in [6, 6.07) is 10.6. The lowest BCUT2D eigenvalue weighted by Gasteiger charge is -2.47. The van der Waals surface area contributed by atoms with Gasteiger partial charge in [0, 0.05) is 17.8 Å². The summed E-state index contributed by atoms with van der Waals surface area (Å²) in [5.41, 5.74) is 5.57. The Morgan fingerprint density at radius 3 is 2.52 bits per heavy atom. The molecular formula is C27H31N3O3. The summed E-state index contributed by atoms with van der Waals surface area (Å²) in [7, 11) is 0. The Labute approximate surface area is 195 Å². The van der Waals surface area contributed by atoms with E-state index < -0.39 is 17.8 Å². The molecule has 1 fully saturated rings. The standard InChI is InChI=1S/C27H31N3O3/c1-7-29-23-12-17(3)19(13-21(23)18(4)15-27(29,5)6)14-22-24(31)28-26(33)30(25(22)32)20-10-8-9-16(2)11-20/h8-14,18H,7,15H2,1-6H3,(H,28,31,33)/b22-14+/t18-/m1/s1. The Morgan fingerprint density at radius 2 is 1.85 bits per heavy atom. The smallest absolute Gasteiger partial charge is 0.335 e. The molecule has 6 nitrogen and oxygen atoms in total. The minimum atomic E-state index is -0.732. The van der Waals surface area contributed by atoms with Gasteiger partial charge in [-0.15, -0.1) is 0 Å². The van der Waals surface area contributed by atoms with Gasteiger partial charge in [0.05, 0.1) is 5.69 Å². The van der Waals surface area contributed by atoms with Crippen LogP contribution in [0.25, 0.3) is 6.08 Å². The number of imide groups is 2. The average Bonchev–Trinajstić information content (AvgIpc) is 2.71. The predicted molar refractivity (Wildman–Crippen MR) is 131 cm³/mol. The SMILES string of the molecule is CCN1c2cc(C)c(/C=C3\C(=O)NC(=O)N(c4cccc(C)c4)C3=O)cc2[C@H](C)CC1(C)C. The molecule has 0 unspecified atom stereocenters. The van der Waals surface area contributed by atoms with Gasteiger partial charge in [0.1, 0.15) is 5.57 Å². The molecule has 0 bridgehead atoms. The summed E-state index contributed by atoms with van der Waals surface area (Å²) >= 11 is 0. The van der Waals surface area contributed by atoms with E-state index >= 15 is 0 Å². The number of anilines is 2. The molecule has 2 aromatic carbocycles. The largest absolute Gasteiger partial charge is 0.366 e. The van der Waals surface area contributed by atoms with Gasteiger partial charge in [0.25, 0.3) is 11.8 Å². The molecule has 2 aliphatic heterocycles. The number of nitrogens with one attached hydrogen (secondary N) is 1. The molecule has 0 radical (unpaired) electrons. The van der Waals surface area contributed by atoms with Crippen LogP contribution in [0.15, 0.2) is 42.0 Å². The molecule has 0 aromatic heterocycles. The fourth-order valence-electron chi connectivity index (χ4n) is 5.22. The third kappa shape index (κ3) is 3.94. The van der Waals surface area contributed by atoms with E-state index in [9.17, 15) is 14.4 Å².